The van der Waals surface area contributed by atoms with Crippen molar-refractivity contribution < 1.29 is 9.59 Å². The summed E-state index contributed by atoms with van der Waals surface area (Å²) in [4.78, 5) is 25.1. The molecule has 0 bridgehead atoms. The fraction of sp³-hybridized carbons (Fsp3) is 0.500. The molecular formula is C16H23ClN2O2. The fourth-order valence-electron chi connectivity index (χ4n) is 1.90. The van der Waals surface area contributed by atoms with Crippen LogP contribution in [0, 0.1) is 0 Å². The summed E-state index contributed by atoms with van der Waals surface area (Å²) in [7, 11) is 0. The van der Waals surface area contributed by atoms with Crippen LogP contribution in [0.15, 0.2) is 24.3 Å². The maximum absolute atomic E-state index is 11.9. The summed E-state index contributed by atoms with van der Waals surface area (Å²) in [5, 5.41) is 3.55. The van der Waals surface area contributed by atoms with Gasteiger partial charge < -0.3 is 10.2 Å². The Labute approximate surface area is 131 Å². The van der Waals surface area contributed by atoms with Gasteiger partial charge in [-0.2, -0.15) is 0 Å². The highest BCUT2D eigenvalue weighted by atomic mass is 35.5. The minimum atomic E-state index is -0.120. The van der Waals surface area contributed by atoms with Crippen molar-refractivity contribution in [1.29, 1.82) is 0 Å². The molecular weight excluding hydrogens is 288 g/mol. The molecule has 1 rings (SSSR count). The minimum Gasteiger partial charge on any atom is -0.352 e. The van der Waals surface area contributed by atoms with Gasteiger partial charge in [-0.05, 0) is 37.5 Å². The van der Waals surface area contributed by atoms with Gasteiger partial charge in [-0.3, -0.25) is 9.59 Å². The van der Waals surface area contributed by atoms with Gasteiger partial charge in [0.25, 0.3) is 0 Å². The van der Waals surface area contributed by atoms with Gasteiger partial charge in [0, 0.05) is 24.5 Å². The summed E-state index contributed by atoms with van der Waals surface area (Å²) in [6, 6.07) is 7.65. The van der Waals surface area contributed by atoms with Crippen molar-refractivity contribution in [1.82, 2.24) is 10.2 Å². The highest BCUT2D eigenvalue weighted by molar-refractivity contribution is 6.30. The third-order valence-corrected chi connectivity index (χ3v) is 3.59. The second kappa shape index (κ2) is 8.67. The lowest BCUT2D eigenvalue weighted by Crippen LogP contribution is -2.43. The first-order valence-electron chi connectivity index (χ1n) is 7.21. The van der Waals surface area contributed by atoms with Crippen LogP contribution < -0.4 is 5.32 Å². The Bertz CT molecular complexity index is 491. The second-order valence-corrected chi connectivity index (χ2v) is 5.63. The topological polar surface area (TPSA) is 49.4 Å². The zero-order valence-corrected chi connectivity index (χ0v) is 13.6. The van der Waals surface area contributed by atoms with Crippen LogP contribution in [-0.2, 0) is 16.0 Å². The predicted octanol–water partition coefficient (Wildman–Crippen LogP) is 2.65. The summed E-state index contributed by atoms with van der Waals surface area (Å²) in [6.45, 7) is 6.03. The van der Waals surface area contributed by atoms with E-state index in [1.807, 2.05) is 38.1 Å². The van der Waals surface area contributed by atoms with Gasteiger partial charge in [-0.1, -0.05) is 30.7 Å². The standard InChI is InChI=1S/C16H23ClN2O2/c1-4-12(2)18-16(21)11-19(13(3)20)9-8-14-6-5-7-15(17)10-14/h5-7,10,12H,4,8-9,11H2,1-3H3,(H,18,21). The lowest BCUT2D eigenvalue weighted by molar-refractivity contribution is -0.134. The molecule has 0 aliphatic heterocycles. The van der Waals surface area contributed by atoms with Crippen molar-refractivity contribution in [2.24, 2.45) is 0 Å². The molecule has 116 valence electrons. The van der Waals surface area contributed by atoms with Crippen LogP contribution in [0.4, 0.5) is 0 Å². The van der Waals surface area contributed by atoms with Crippen molar-refractivity contribution in [2.45, 2.75) is 39.7 Å². The monoisotopic (exact) mass is 310 g/mol. The van der Waals surface area contributed by atoms with Crippen molar-refractivity contribution in [3.8, 4) is 0 Å². The number of benzene rings is 1. The van der Waals surface area contributed by atoms with Crippen LogP contribution in [0.3, 0.4) is 0 Å². The van der Waals surface area contributed by atoms with Crippen LogP contribution in [0.5, 0.6) is 0 Å². The van der Waals surface area contributed by atoms with Gasteiger partial charge in [0.2, 0.25) is 11.8 Å². The zero-order chi connectivity index (χ0) is 15.8. The average Bonchev–Trinajstić information content (AvgIpc) is 2.43. The van der Waals surface area contributed by atoms with E-state index in [0.717, 1.165) is 12.0 Å². The Kier molecular flexibility index (Phi) is 7.23. The molecule has 0 heterocycles. The van der Waals surface area contributed by atoms with Gasteiger partial charge >= 0.3 is 0 Å². The van der Waals surface area contributed by atoms with Crippen molar-refractivity contribution >= 4 is 23.4 Å². The largest absolute Gasteiger partial charge is 0.352 e. The Morgan fingerprint density at radius 2 is 2.10 bits per heavy atom. The summed E-state index contributed by atoms with van der Waals surface area (Å²) < 4.78 is 0. The Morgan fingerprint density at radius 3 is 2.67 bits per heavy atom. The average molecular weight is 311 g/mol. The number of hydrogen-bond acceptors (Lipinski definition) is 2. The molecule has 21 heavy (non-hydrogen) atoms. The van der Waals surface area contributed by atoms with Gasteiger partial charge in [-0.15, -0.1) is 0 Å². The van der Waals surface area contributed by atoms with Crippen LogP contribution in [0.1, 0.15) is 32.8 Å². The maximum Gasteiger partial charge on any atom is 0.239 e. The highest BCUT2D eigenvalue weighted by Gasteiger charge is 2.14. The van der Waals surface area contributed by atoms with Crippen molar-refractivity contribution in [3.63, 3.8) is 0 Å². The molecule has 0 aliphatic carbocycles. The number of rotatable bonds is 7. The Morgan fingerprint density at radius 1 is 1.38 bits per heavy atom. The van der Waals surface area contributed by atoms with E-state index >= 15 is 0 Å². The highest BCUT2D eigenvalue weighted by Crippen LogP contribution is 2.11. The minimum absolute atomic E-state index is 0.0975. The van der Waals surface area contributed by atoms with Crippen LogP contribution in [0.25, 0.3) is 0 Å². The van der Waals surface area contributed by atoms with Crippen LogP contribution in [0.2, 0.25) is 5.02 Å². The van der Waals surface area contributed by atoms with Crippen molar-refractivity contribution in [3.05, 3.63) is 34.9 Å². The van der Waals surface area contributed by atoms with E-state index in [-0.39, 0.29) is 24.4 Å². The molecule has 1 N–H and O–H groups in total. The Hall–Kier alpha value is -1.55. The number of halogens is 1. The molecule has 0 aliphatic rings. The normalized spacial score (nSPS) is 11.8. The molecule has 0 saturated carbocycles. The number of amides is 2. The fourth-order valence-corrected chi connectivity index (χ4v) is 2.11. The SMILES string of the molecule is CCC(C)NC(=O)CN(CCc1cccc(Cl)c1)C(C)=O. The number of carbonyl (C=O) groups excluding carboxylic acids is 2. The maximum atomic E-state index is 11.9. The van der Waals surface area contributed by atoms with Crippen LogP contribution in [-0.4, -0.2) is 35.8 Å². The van der Waals surface area contributed by atoms with Crippen LogP contribution >= 0.6 is 11.6 Å². The quantitative estimate of drug-likeness (QED) is 0.841. The first kappa shape index (κ1) is 17.5. The summed E-state index contributed by atoms with van der Waals surface area (Å²) in [5.41, 5.74) is 1.05. The summed E-state index contributed by atoms with van der Waals surface area (Å²) >= 11 is 5.94. The molecule has 4 nitrogen and oxygen atoms in total. The van der Waals surface area contributed by atoms with Gasteiger partial charge in [-0.25, -0.2) is 0 Å². The van der Waals surface area contributed by atoms with Crippen molar-refractivity contribution in [2.75, 3.05) is 13.1 Å². The van der Waals surface area contributed by atoms with Gasteiger partial charge in [0.1, 0.15) is 0 Å². The first-order valence-corrected chi connectivity index (χ1v) is 7.59. The third-order valence-electron chi connectivity index (χ3n) is 3.36. The molecule has 0 fully saturated rings. The Balaban J connectivity index is 2.54. The first-order chi connectivity index (χ1) is 9.92. The number of nitrogens with one attached hydrogen (secondary N) is 1. The molecule has 0 spiro atoms. The van der Waals surface area contributed by atoms with E-state index < -0.39 is 0 Å². The number of carbonyl (C=O) groups is 2. The summed E-state index contributed by atoms with van der Waals surface area (Å²) in [6.07, 6.45) is 1.55. The smallest absolute Gasteiger partial charge is 0.239 e. The molecule has 1 unspecified atom stereocenters. The third kappa shape index (κ3) is 6.63. The van der Waals surface area contributed by atoms with E-state index in [1.165, 1.54) is 6.92 Å². The molecule has 0 radical (unpaired) electrons. The van der Waals surface area contributed by atoms with E-state index in [0.29, 0.717) is 18.0 Å². The van der Waals surface area contributed by atoms with E-state index in [9.17, 15) is 9.59 Å². The second-order valence-electron chi connectivity index (χ2n) is 5.20. The summed E-state index contributed by atoms with van der Waals surface area (Å²) in [5.74, 6) is -0.220. The van der Waals surface area contributed by atoms with Gasteiger partial charge in [0.15, 0.2) is 0 Å². The zero-order valence-electron chi connectivity index (χ0n) is 12.9. The molecule has 5 heteroatoms. The molecule has 0 aromatic heterocycles. The molecule has 2 amide bonds. The molecule has 1 aromatic rings. The van der Waals surface area contributed by atoms with E-state index in [2.05, 4.69) is 5.32 Å². The molecule has 0 saturated heterocycles. The molecule has 1 aromatic carbocycles. The lowest BCUT2D eigenvalue weighted by atomic mass is 10.1. The lowest BCUT2D eigenvalue weighted by Gasteiger charge is -2.22. The van der Waals surface area contributed by atoms with E-state index in [4.69, 9.17) is 11.6 Å². The van der Waals surface area contributed by atoms with Gasteiger partial charge in [0.05, 0.1) is 6.54 Å². The number of nitrogens with zero attached hydrogens (tertiary/aromatic N) is 1. The number of hydrogen-bond donors (Lipinski definition) is 1. The predicted molar refractivity (Wildman–Crippen MR) is 85.3 cm³/mol. The van der Waals surface area contributed by atoms with E-state index in [1.54, 1.807) is 4.90 Å². The molecule has 1 atom stereocenters.